The minimum absolute atomic E-state index is 0.0785. The summed E-state index contributed by atoms with van der Waals surface area (Å²) in [4.78, 5) is 16.3. The summed E-state index contributed by atoms with van der Waals surface area (Å²) in [7, 11) is 1.84. The van der Waals surface area contributed by atoms with Crippen LogP contribution in [0.25, 0.3) is 11.1 Å². The van der Waals surface area contributed by atoms with Crippen LogP contribution in [0.15, 0.2) is 49.1 Å². The van der Waals surface area contributed by atoms with Gasteiger partial charge < -0.3 is 5.32 Å². The van der Waals surface area contributed by atoms with Crippen molar-refractivity contribution >= 4 is 17.5 Å². The standard InChI is InChI=1S/C17H14ClFN4O/c1-23-10-13(9-22-23)12-4-11(6-20-8-12)7-21-17(24)15-3-2-14(19)5-16(15)18/h2-6,8-10H,7H2,1H3,(H,21,24). The van der Waals surface area contributed by atoms with Crippen LogP contribution in [0.1, 0.15) is 15.9 Å². The van der Waals surface area contributed by atoms with Gasteiger partial charge in [0.05, 0.1) is 16.8 Å². The Morgan fingerprint density at radius 3 is 2.79 bits per heavy atom. The zero-order chi connectivity index (χ0) is 17.1. The number of benzene rings is 1. The van der Waals surface area contributed by atoms with Crippen LogP contribution in [0.5, 0.6) is 0 Å². The van der Waals surface area contributed by atoms with Crippen LogP contribution in [0.2, 0.25) is 5.02 Å². The molecule has 2 aromatic heterocycles. The van der Waals surface area contributed by atoms with Gasteiger partial charge in [-0.3, -0.25) is 14.5 Å². The smallest absolute Gasteiger partial charge is 0.253 e. The molecule has 0 saturated carbocycles. The van der Waals surface area contributed by atoms with E-state index in [9.17, 15) is 9.18 Å². The lowest BCUT2D eigenvalue weighted by Gasteiger charge is -2.08. The first-order valence-electron chi connectivity index (χ1n) is 7.19. The summed E-state index contributed by atoms with van der Waals surface area (Å²) in [5.74, 6) is -0.850. The summed E-state index contributed by atoms with van der Waals surface area (Å²) in [6.45, 7) is 0.285. The average Bonchev–Trinajstić information content (AvgIpc) is 2.99. The second-order valence-electron chi connectivity index (χ2n) is 5.29. The molecule has 1 N–H and O–H groups in total. The molecule has 0 aliphatic carbocycles. The van der Waals surface area contributed by atoms with Gasteiger partial charge in [0.2, 0.25) is 0 Å². The number of carbonyl (C=O) groups is 1. The first kappa shape index (κ1) is 16.1. The zero-order valence-electron chi connectivity index (χ0n) is 12.8. The Morgan fingerprint density at radius 2 is 2.08 bits per heavy atom. The van der Waals surface area contributed by atoms with E-state index in [1.54, 1.807) is 23.3 Å². The number of halogens is 2. The molecular formula is C17H14ClFN4O. The Kier molecular flexibility index (Phi) is 4.57. The molecule has 0 radical (unpaired) electrons. The fourth-order valence-electron chi connectivity index (χ4n) is 2.26. The fraction of sp³-hybridized carbons (Fsp3) is 0.118. The molecule has 0 bridgehead atoms. The maximum atomic E-state index is 13.0. The van der Waals surface area contributed by atoms with E-state index < -0.39 is 5.82 Å². The van der Waals surface area contributed by atoms with Crippen LogP contribution < -0.4 is 5.32 Å². The van der Waals surface area contributed by atoms with Gasteiger partial charge in [0.1, 0.15) is 5.82 Å². The first-order valence-corrected chi connectivity index (χ1v) is 7.57. The number of aryl methyl sites for hydroxylation is 1. The Bertz CT molecular complexity index is 894. The van der Waals surface area contributed by atoms with Crippen LogP contribution >= 0.6 is 11.6 Å². The molecule has 0 unspecified atom stereocenters. The third-order valence-corrected chi connectivity index (χ3v) is 3.77. The highest BCUT2D eigenvalue weighted by Crippen LogP contribution is 2.19. The fourth-order valence-corrected chi connectivity index (χ4v) is 2.52. The predicted molar refractivity (Wildman–Crippen MR) is 89.0 cm³/mol. The number of carbonyl (C=O) groups excluding carboxylic acids is 1. The Morgan fingerprint density at radius 1 is 1.25 bits per heavy atom. The molecular weight excluding hydrogens is 331 g/mol. The normalized spacial score (nSPS) is 10.6. The third kappa shape index (κ3) is 3.60. The minimum Gasteiger partial charge on any atom is -0.348 e. The van der Waals surface area contributed by atoms with E-state index in [0.717, 1.165) is 22.8 Å². The highest BCUT2D eigenvalue weighted by molar-refractivity contribution is 6.33. The summed E-state index contributed by atoms with van der Waals surface area (Å²) in [6, 6.07) is 5.60. The zero-order valence-corrected chi connectivity index (χ0v) is 13.6. The van der Waals surface area contributed by atoms with Crippen molar-refractivity contribution in [3.63, 3.8) is 0 Å². The van der Waals surface area contributed by atoms with Crippen molar-refractivity contribution in [1.29, 1.82) is 0 Å². The highest BCUT2D eigenvalue weighted by Gasteiger charge is 2.11. The lowest BCUT2D eigenvalue weighted by atomic mass is 10.1. The van der Waals surface area contributed by atoms with Crippen molar-refractivity contribution in [3.8, 4) is 11.1 Å². The van der Waals surface area contributed by atoms with Crippen molar-refractivity contribution in [3.05, 3.63) is 71.0 Å². The molecule has 0 aliphatic rings. The number of rotatable bonds is 4. The van der Waals surface area contributed by atoms with Crippen molar-refractivity contribution in [1.82, 2.24) is 20.1 Å². The summed E-state index contributed by atoms with van der Waals surface area (Å²) in [6.07, 6.45) is 7.04. The maximum Gasteiger partial charge on any atom is 0.253 e. The predicted octanol–water partition coefficient (Wildman–Crippen LogP) is 3.20. The van der Waals surface area contributed by atoms with Crippen LogP contribution in [0, 0.1) is 5.82 Å². The Balaban J connectivity index is 1.71. The topological polar surface area (TPSA) is 59.8 Å². The van der Waals surface area contributed by atoms with E-state index in [0.29, 0.717) is 0 Å². The molecule has 24 heavy (non-hydrogen) atoms. The van der Waals surface area contributed by atoms with E-state index >= 15 is 0 Å². The summed E-state index contributed by atoms with van der Waals surface area (Å²) < 4.78 is 14.7. The van der Waals surface area contributed by atoms with E-state index in [1.807, 2.05) is 19.3 Å². The van der Waals surface area contributed by atoms with Gasteiger partial charge in [0.15, 0.2) is 0 Å². The van der Waals surface area contributed by atoms with E-state index in [2.05, 4.69) is 15.4 Å². The van der Waals surface area contributed by atoms with Gasteiger partial charge in [-0.2, -0.15) is 5.10 Å². The molecule has 0 spiro atoms. The lowest BCUT2D eigenvalue weighted by molar-refractivity contribution is 0.0951. The van der Waals surface area contributed by atoms with Gasteiger partial charge >= 0.3 is 0 Å². The Labute approximate surface area is 143 Å². The number of amides is 1. The van der Waals surface area contributed by atoms with Crippen molar-refractivity contribution in [2.24, 2.45) is 7.05 Å². The molecule has 1 amide bonds. The molecule has 2 heterocycles. The van der Waals surface area contributed by atoms with Crippen molar-refractivity contribution < 1.29 is 9.18 Å². The highest BCUT2D eigenvalue weighted by atomic mass is 35.5. The summed E-state index contributed by atoms with van der Waals surface area (Å²) >= 11 is 5.89. The van der Waals surface area contributed by atoms with Crippen molar-refractivity contribution in [2.45, 2.75) is 6.54 Å². The Hall–Kier alpha value is -2.73. The average molecular weight is 345 g/mol. The third-order valence-electron chi connectivity index (χ3n) is 3.46. The molecule has 0 aliphatic heterocycles. The van der Waals surface area contributed by atoms with Crippen LogP contribution in [0.4, 0.5) is 4.39 Å². The monoisotopic (exact) mass is 344 g/mol. The molecule has 5 nitrogen and oxygen atoms in total. The van der Waals surface area contributed by atoms with E-state index in [1.165, 1.54) is 12.1 Å². The lowest BCUT2D eigenvalue weighted by Crippen LogP contribution is -2.23. The van der Waals surface area contributed by atoms with Crippen LogP contribution in [-0.4, -0.2) is 20.7 Å². The van der Waals surface area contributed by atoms with Gasteiger partial charge in [0, 0.05) is 43.3 Å². The minimum atomic E-state index is -0.482. The number of aromatic nitrogens is 3. The number of hydrogen-bond acceptors (Lipinski definition) is 3. The molecule has 3 rings (SSSR count). The van der Waals surface area contributed by atoms with Crippen LogP contribution in [-0.2, 0) is 13.6 Å². The molecule has 3 aromatic rings. The summed E-state index contributed by atoms with van der Waals surface area (Å²) in [5.41, 5.74) is 2.92. The van der Waals surface area contributed by atoms with Crippen molar-refractivity contribution in [2.75, 3.05) is 0 Å². The van der Waals surface area contributed by atoms with E-state index in [-0.39, 0.29) is 23.0 Å². The molecule has 0 saturated heterocycles. The first-order chi connectivity index (χ1) is 11.5. The van der Waals surface area contributed by atoms with Gasteiger partial charge in [-0.1, -0.05) is 11.6 Å². The molecule has 0 atom stereocenters. The number of nitrogens with one attached hydrogen (secondary N) is 1. The maximum absolute atomic E-state index is 13.0. The molecule has 0 fully saturated rings. The molecule has 7 heteroatoms. The van der Waals surface area contributed by atoms with Gasteiger partial charge in [0.25, 0.3) is 5.91 Å². The second kappa shape index (κ2) is 6.80. The second-order valence-corrected chi connectivity index (χ2v) is 5.70. The van der Waals surface area contributed by atoms with Gasteiger partial charge in [-0.25, -0.2) is 4.39 Å². The number of nitrogens with zero attached hydrogens (tertiary/aromatic N) is 3. The summed E-state index contributed by atoms with van der Waals surface area (Å²) in [5, 5.41) is 6.96. The van der Waals surface area contributed by atoms with Gasteiger partial charge in [-0.15, -0.1) is 0 Å². The van der Waals surface area contributed by atoms with Gasteiger partial charge in [-0.05, 0) is 29.8 Å². The number of hydrogen-bond donors (Lipinski definition) is 1. The molecule has 122 valence electrons. The molecule has 1 aromatic carbocycles. The quantitative estimate of drug-likeness (QED) is 0.790. The van der Waals surface area contributed by atoms with Crippen LogP contribution in [0.3, 0.4) is 0 Å². The SMILES string of the molecule is Cn1cc(-c2cncc(CNC(=O)c3ccc(F)cc3Cl)c2)cn1. The van der Waals surface area contributed by atoms with E-state index in [4.69, 9.17) is 11.6 Å². The largest absolute Gasteiger partial charge is 0.348 e. The number of pyridine rings is 1.